The third kappa shape index (κ3) is 5.46. The maximum Gasteiger partial charge on any atom is 0.236 e. The molecule has 0 radical (unpaired) electrons. The van der Waals surface area contributed by atoms with Gasteiger partial charge in [-0.25, -0.2) is 13.4 Å². The highest BCUT2D eigenvalue weighted by Gasteiger charge is 2.17. The van der Waals surface area contributed by atoms with E-state index >= 15 is 0 Å². The molecule has 0 atom stereocenters. The summed E-state index contributed by atoms with van der Waals surface area (Å²) in [5, 5.41) is 0. The number of pyridine rings is 1. The molecule has 1 N–H and O–H groups in total. The van der Waals surface area contributed by atoms with Gasteiger partial charge >= 0.3 is 0 Å². The molecule has 0 aromatic carbocycles. The van der Waals surface area contributed by atoms with Crippen molar-refractivity contribution in [3.8, 4) is 5.75 Å². The number of sulfonamides is 1. The van der Waals surface area contributed by atoms with Crippen molar-refractivity contribution in [1.82, 2.24) is 4.98 Å². The van der Waals surface area contributed by atoms with Crippen LogP contribution in [0.4, 0.5) is 5.82 Å². The summed E-state index contributed by atoms with van der Waals surface area (Å²) in [5.41, 5.74) is 0. The molecule has 124 valence electrons. The SMILES string of the molecule is COCCS(=O)(=O)Nc1ncccc1OCC1CCCCC1. The number of aromatic nitrogens is 1. The lowest BCUT2D eigenvalue weighted by Gasteiger charge is -2.22. The van der Waals surface area contributed by atoms with Crippen molar-refractivity contribution in [2.45, 2.75) is 32.1 Å². The predicted molar refractivity (Wildman–Crippen MR) is 85.6 cm³/mol. The molecule has 1 aliphatic rings. The Hall–Kier alpha value is -1.34. The van der Waals surface area contributed by atoms with E-state index in [1.54, 1.807) is 18.3 Å². The van der Waals surface area contributed by atoms with Crippen LogP contribution in [0.2, 0.25) is 0 Å². The van der Waals surface area contributed by atoms with Gasteiger partial charge in [0.2, 0.25) is 10.0 Å². The van der Waals surface area contributed by atoms with E-state index in [1.165, 1.54) is 39.2 Å². The number of hydrogen-bond donors (Lipinski definition) is 1. The summed E-state index contributed by atoms with van der Waals surface area (Å²) < 4.78 is 36.9. The van der Waals surface area contributed by atoms with Gasteiger partial charge in [0.25, 0.3) is 0 Å². The molecule has 22 heavy (non-hydrogen) atoms. The molecule has 7 heteroatoms. The van der Waals surface area contributed by atoms with Gasteiger partial charge in [-0.3, -0.25) is 4.72 Å². The molecular formula is C15H24N2O4S. The van der Waals surface area contributed by atoms with E-state index in [1.807, 2.05) is 0 Å². The van der Waals surface area contributed by atoms with Gasteiger partial charge in [-0.1, -0.05) is 19.3 Å². The van der Waals surface area contributed by atoms with Gasteiger partial charge in [0.15, 0.2) is 11.6 Å². The van der Waals surface area contributed by atoms with Gasteiger partial charge in [-0.2, -0.15) is 0 Å². The Labute approximate surface area is 132 Å². The maximum atomic E-state index is 11.9. The van der Waals surface area contributed by atoms with E-state index in [-0.39, 0.29) is 18.2 Å². The number of ether oxygens (including phenoxy) is 2. The van der Waals surface area contributed by atoms with Crippen molar-refractivity contribution in [1.29, 1.82) is 0 Å². The molecule has 1 aliphatic carbocycles. The van der Waals surface area contributed by atoms with Crippen LogP contribution < -0.4 is 9.46 Å². The molecule has 0 amide bonds. The minimum absolute atomic E-state index is 0.109. The topological polar surface area (TPSA) is 77.5 Å². The molecule has 6 nitrogen and oxygen atoms in total. The first-order chi connectivity index (χ1) is 10.6. The zero-order valence-corrected chi connectivity index (χ0v) is 13.8. The maximum absolute atomic E-state index is 11.9. The van der Waals surface area contributed by atoms with Gasteiger partial charge in [0, 0.05) is 13.3 Å². The Kier molecular flexibility index (Phi) is 6.45. The average Bonchev–Trinajstić information content (AvgIpc) is 2.53. The molecule has 2 rings (SSSR count). The van der Waals surface area contributed by atoms with E-state index in [0.717, 1.165) is 0 Å². The van der Waals surface area contributed by atoms with E-state index in [4.69, 9.17) is 9.47 Å². The first-order valence-electron chi connectivity index (χ1n) is 7.68. The lowest BCUT2D eigenvalue weighted by molar-refractivity contribution is 0.209. The number of methoxy groups -OCH3 is 1. The van der Waals surface area contributed by atoms with E-state index in [9.17, 15) is 8.42 Å². The Morgan fingerprint density at radius 1 is 1.32 bits per heavy atom. The minimum Gasteiger partial charge on any atom is -0.489 e. The second-order valence-corrected chi connectivity index (χ2v) is 7.42. The molecular weight excluding hydrogens is 304 g/mol. The van der Waals surface area contributed by atoms with Crippen molar-refractivity contribution in [2.24, 2.45) is 5.92 Å². The molecule has 0 saturated heterocycles. The number of rotatable bonds is 8. The van der Waals surface area contributed by atoms with Crippen LogP contribution in [0.3, 0.4) is 0 Å². The van der Waals surface area contributed by atoms with Crippen LogP contribution in [0.15, 0.2) is 18.3 Å². The van der Waals surface area contributed by atoms with Crippen molar-refractivity contribution in [3.63, 3.8) is 0 Å². The summed E-state index contributed by atoms with van der Waals surface area (Å²) in [6.45, 7) is 0.749. The van der Waals surface area contributed by atoms with Gasteiger partial charge in [-0.15, -0.1) is 0 Å². The third-order valence-electron chi connectivity index (χ3n) is 3.78. The Bertz CT molecular complexity index is 556. The summed E-state index contributed by atoms with van der Waals surface area (Å²) in [6, 6.07) is 3.48. The molecule has 1 aromatic heterocycles. The summed E-state index contributed by atoms with van der Waals surface area (Å²) >= 11 is 0. The van der Waals surface area contributed by atoms with Crippen LogP contribution in [0.5, 0.6) is 5.75 Å². The quantitative estimate of drug-likeness (QED) is 0.793. The first kappa shape index (κ1) is 17.0. The second kappa shape index (κ2) is 8.33. The largest absolute Gasteiger partial charge is 0.489 e. The minimum atomic E-state index is -3.48. The van der Waals surface area contributed by atoms with Gasteiger partial charge < -0.3 is 9.47 Å². The highest BCUT2D eigenvalue weighted by Crippen LogP contribution is 2.27. The van der Waals surface area contributed by atoms with E-state index in [0.29, 0.717) is 18.3 Å². The molecule has 0 aliphatic heterocycles. The van der Waals surface area contributed by atoms with Gasteiger partial charge in [0.1, 0.15) is 0 Å². The normalized spacial score (nSPS) is 16.4. The Balaban J connectivity index is 1.97. The lowest BCUT2D eigenvalue weighted by Crippen LogP contribution is -2.21. The van der Waals surface area contributed by atoms with Crippen LogP contribution in [-0.2, 0) is 14.8 Å². The van der Waals surface area contributed by atoms with Crippen LogP contribution in [0.25, 0.3) is 0 Å². The van der Waals surface area contributed by atoms with Crippen molar-refractivity contribution >= 4 is 15.8 Å². The van der Waals surface area contributed by atoms with Crippen molar-refractivity contribution in [3.05, 3.63) is 18.3 Å². The smallest absolute Gasteiger partial charge is 0.236 e. The molecule has 0 unspecified atom stereocenters. The van der Waals surface area contributed by atoms with Crippen LogP contribution >= 0.6 is 0 Å². The zero-order chi connectivity index (χ0) is 15.8. The third-order valence-corrected chi connectivity index (χ3v) is 4.99. The monoisotopic (exact) mass is 328 g/mol. The zero-order valence-electron chi connectivity index (χ0n) is 13.0. The highest BCUT2D eigenvalue weighted by atomic mass is 32.2. The summed E-state index contributed by atoms with van der Waals surface area (Å²) in [6.07, 6.45) is 7.69. The van der Waals surface area contributed by atoms with E-state index < -0.39 is 10.0 Å². The molecule has 1 saturated carbocycles. The number of nitrogens with one attached hydrogen (secondary N) is 1. The first-order valence-corrected chi connectivity index (χ1v) is 9.33. The van der Waals surface area contributed by atoms with Gasteiger partial charge in [-0.05, 0) is 30.9 Å². The van der Waals surface area contributed by atoms with Crippen LogP contribution in [0, 0.1) is 5.92 Å². The number of hydrogen-bond acceptors (Lipinski definition) is 5. The fourth-order valence-electron chi connectivity index (χ4n) is 2.54. The highest BCUT2D eigenvalue weighted by molar-refractivity contribution is 7.92. The van der Waals surface area contributed by atoms with Crippen LogP contribution in [0.1, 0.15) is 32.1 Å². The van der Waals surface area contributed by atoms with E-state index in [2.05, 4.69) is 9.71 Å². The second-order valence-electron chi connectivity index (χ2n) is 5.58. The summed E-state index contributed by atoms with van der Waals surface area (Å²) in [5.74, 6) is 1.16. The average molecular weight is 328 g/mol. The fraction of sp³-hybridized carbons (Fsp3) is 0.667. The van der Waals surface area contributed by atoms with Gasteiger partial charge in [0.05, 0.1) is 19.0 Å². The molecule has 1 aromatic rings. The standard InChI is InChI=1S/C15H24N2O4S/c1-20-10-11-22(18,19)17-15-14(8-5-9-16-15)21-12-13-6-3-2-4-7-13/h5,8-9,13H,2-4,6-7,10-12H2,1H3,(H,16,17). The summed E-state index contributed by atoms with van der Waals surface area (Å²) in [7, 11) is -2.01. The van der Waals surface area contributed by atoms with Crippen molar-refractivity contribution < 1.29 is 17.9 Å². The molecule has 0 spiro atoms. The summed E-state index contributed by atoms with van der Waals surface area (Å²) in [4.78, 5) is 4.08. The number of nitrogens with zero attached hydrogens (tertiary/aromatic N) is 1. The predicted octanol–water partition coefficient (Wildman–Crippen LogP) is 2.43. The van der Waals surface area contributed by atoms with Crippen LogP contribution in [-0.4, -0.2) is 39.5 Å². The fourth-order valence-corrected chi connectivity index (χ4v) is 3.47. The molecule has 1 fully saturated rings. The lowest BCUT2D eigenvalue weighted by atomic mass is 9.90. The number of anilines is 1. The molecule has 1 heterocycles. The Morgan fingerprint density at radius 2 is 2.09 bits per heavy atom. The van der Waals surface area contributed by atoms with Crippen molar-refractivity contribution in [2.75, 3.05) is 30.8 Å². The Morgan fingerprint density at radius 3 is 2.82 bits per heavy atom. The molecule has 0 bridgehead atoms.